The van der Waals surface area contributed by atoms with Crippen LogP contribution in [-0.2, 0) is 38.4 Å². The summed E-state index contributed by atoms with van der Waals surface area (Å²) in [6.45, 7) is 6.56. The monoisotopic (exact) mass is 1300 g/mol. The Morgan fingerprint density at radius 3 is 0.966 bits per heavy atom. The summed E-state index contributed by atoms with van der Waals surface area (Å²) in [6.07, 6.45) is 20.2. The van der Waals surface area contributed by atoms with Crippen LogP contribution in [0.1, 0.15) is 135 Å². The summed E-state index contributed by atoms with van der Waals surface area (Å²) < 4.78 is 0. The van der Waals surface area contributed by atoms with E-state index in [2.05, 4.69) is 22.9 Å². The van der Waals surface area contributed by atoms with Gasteiger partial charge in [-0.25, -0.2) is 19.2 Å². The summed E-state index contributed by atoms with van der Waals surface area (Å²) in [5.74, 6) is -10.4. The van der Waals surface area contributed by atoms with Gasteiger partial charge in [0.2, 0.25) is 5.72 Å². The van der Waals surface area contributed by atoms with Gasteiger partial charge in [0, 0.05) is 25.2 Å². The van der Waals surface area contributed by atoms with Crippen LogP contribution < -0.4 is 79.9 Å². The van der Waals surface area contributed by atoms with E-state index in [0.717, 1.165) is 136 Å². The molecule has 1 amide bonds. The molecular weight excluding hydrogens is 1190 g/mol. The molecule has 0 aromatic heterocycles. The Bertz CT molecular complexity index is 1540. The number of amides is 1. The molecule has 4 saturated heterocycles. The fourth-order valence-electron chi connectivity index (χ4n) is 6.14. The molecule has 4 aliphatic rings. The van der Waals surface area contributed by atoms with Gasteiger partial charge in [-0.1, -0.05) is 18.2 Å². The molecule has 4 rings (SSSR count). The molecule has 4 heterocycles. The highest BCUT2D eigenvalue weighted by atomic mass is 17.0. The second-order valence-corrected chi connectivity index (χ2v) is 16.8. The Hall–Kier alpha value is -6.34. The number of hydrogen-bond acceptors (Lipinski definition) is 22. The minimum atomic E-state index is -1.64. The number of carboxylic acid groups (broad SMARTS) is 7. The van der Waals surface area contributed by atoms with Crippen molar-refractivity contribution in [3.05, 3.63) is 35.5 Å². The number of unbranched alkanes of at least 4 members (excludes halogenated alkanes) is 4. The number of rotatable bonds is 19. The third-order valence-corrected chi connectivity index (χ3v) is 10.4. The molecular formula is C46H109N8O33+. The zero-order chi connectivity index (χ0) is 62.5. The van der Waals surface area contributed by atoms with E-state index in [1.54, 1.807) is 5.32 Å². The highest BCUT2D eigenvalue weighted by Gasteiger charge is 2.34. The standard InChI is InChI=1S/4C6H11NO3.2C6H11NO2.C5H11NO2.C5H9NO.3H2O2.8H2O/c8-5(9)6(10)3-1-2-4-7-6;3*7-4-2-1-3-5(8)6(9)10;2*8-6(9)5-3-1-2-4-7-5;6-4-2-1-3-5(7)8;7-5-3-1-2-4-6-5;3*1-2;;;;;;;;/h7,10H,1-4H2,(H,8,9);3*3,8H,1-2,4,7H2,(H,9,10);2*5,7H,1-4H2,(H,8,9);1-4,6H2,(H,7,8);1-4H2,(H,6,7);3*1-2H;8*1H2/p+1/b;3*5-3-;;;;;;;;;;;;;;;. The van der Waals surface area contributed by atoms with E-state index in [1.165, 1.54) is 30.0 Å². The van der Waals surface area contributed by atoms with Crippen LogP contribution >= 0.6 is 0 Å². The highest BCUT2D eigenvalue weighted by Crippen LogP contribution is 2.08. The van der Waals surface area contributed by atoms with Crippen LogP contribution in [0.15, 0.2) is 35.5 Å². The lowest BCUT2D eigenvalue weighted by Gasteiger charge is -2.29. The molecule has 41 nitrogen and oxygen atoms in total. The Morgan fingerprint density at radius 1 is 0.471 bits per heavy atom. The maximum Gasteiger partial charge on any atom is 0.320 e. The first-order chi connectivity index (χ1) is 37.5. The molecule has 530 valence electrons. The van der Waals surface area contributed by atoms with Gasteiger partial charge < -0.3 is 158 Å². The molecule has 0 aliphatic carbocycles. The maximum atomic E-state index is 10.4. The van der Waals surface area contributed by atoms with E-state index >= 15 is 0 Å². The lowest BCUT2D eigenvalue weighted by molar-refractivity contribution is -0.765. The molecule has 46 N–H and O–H groups in total. The van der Waals surface area contributed by atoms with Crippen LogP contribution in [0.3, 0.4) is 0 Å². The number of carbonyl (C=O) groups excluding carboxylic acids is 5. The minimum Gasteiger partial charge on any atom is -0.868 e. The van der Waals surface area contributed by atoms with Gasteiger partial charge >= 0.3 is 23.8 Å². The molecule has 3 unspecified atom stereocenters. The molecule has 87 heavy (non-hydrogen) atoms. The number of carbonyl (C=O) groups is 8. The van der Waals surface area contributed by atoms with E-state index in [-0.39, 0.29) is 62.3 Å². The minimum absolute atomic E-state index is 0. The van der Waals surface area contributed by atoms with Crippen molar-refractivity contribution >= 4 is 47.7 Å². The van der Waals surface area contributed by atoms with E-state index in [0.29, 0.717) is 44.6 Å². The van der Waals surface area contributed by atoms with Crippen molar-refractivity contribution < 1.29 is 214 Å². The smallest absolute Gasteiger partial charge is 0.320 e. The zero-order valence-corrected chi connectivity index (χ0v) is 49.1. The summed E-state index contributed by atoms with van der Waals surface area (Å²) in [7, 11) is 0. The lowest BCUT2D eigenvalue weighted by atomic mass is 10.0. The van der Waals surface area contributed by atoms with Crippen molar-refractivity contribution in [1.82, 2.24) is 0 Å². The van der Waals surface area contributed by atoms with Crippen molar-refractivity contribution in [3.8, 4) is 0 Å². The average Bonchev–Trinajstić information content (AvgIpc) is 3.44. The molecule has 0 saturated carbocycles. The number of carboxylic acids is 7. The van der Waals surface area contributed by atoms with Crippen molar-refractivity contribution in [2.24, 2.45) is 0 Å². The summed E-state index contributed by atoms with van der Waals surface area (Å²) >= 11 is 0. The first kappa shape index (κ1) is 119. The fourth-order valence-corrected chi connectivity index (χ4v) is 6.14. The number of piperidine rings is 4. The average molecular weight is 1300 g/mol. The predicted octanol–water partition coefficient (Wildman–Crippen LogP) is -21.2. The van der Waals surface area contributed by atoms with Crippen LogP contribution in [0.4, 0.5) is 0 Å². The first-order valence-corrected chi connectivity index (χ1v) is 25.5. The summed E-state index contributed by atoms with van der Waals surface area (Å²) in [5.41, 5.74) is 12.6. The van der Waals surface area contributed by atoms with Crippen LogP contribution in [0.25, 0.3) is 0 Å². The third-order valence-electron chi connectivity index (χ3n) is 10.4. The normalized spacial score (nSPS) is 16.4. The Balaban J connectivity index is -0.0000000511. The van der Waals surface area contributed by atoms with Gasteiger partial charge in [0.1, 0.15) is 18.1 Å². The summed E-state index contributed by atoms with van der Waals surface area (Å²) in [6, 6.07) is -0.530. The van der Waals surface area contributed by atoms with E-state index in [9.17, 15) is 79.2 Å². The van der Waals surface area contributed by atoms with Crippen LogP contribution in [0.5, 0.6) is 0 Å². The van der Waals surface area contributed by atoms with Gasteiger partial charge in [-0.15, -0.1) is 0 Å². The summed E-state index contributed by atoms with van der Waals surface area (Å²) in [5, 5.41) is 148. The van der Waals surface area contributed by atoms with Gasteiger partial charge in [0.05, 0.1) is 70.7 Å². The second kappa shape index (κ2) is 88.4. The molecule has 41 heteroatoms. The Labute approximate surface area is 501 Å². The molecule has 3 atom stereocenters. The van der Waals surface area contributed by atoms with Crippen LogP contribution in [0, 0.1) is 0 Å². The molecule has 0 spiro atoms. The van der Waals surface area contributed by atoms with E-state index < -0.39 is 64.8 Å². The van der Waals surface area contributed by atoms with Crippen LogP contribution in [-0.4, -0.2) is 214 Å². The van der Waals surface area contributed by atoms with Gasteiger partial charge in [-0.05, 0) is 126 Å². The Kier molecular flexibility index (Phi) is 121. The number of aliphatic carboxylic acids is 7. The quantitative estimate of drug-likeness (QED) is 0.0188. The van der Waals surface area contributed by atoms with Gasteiger partial charge in [0.25, 0.3) is 0 Å². The lowest BCUT2D eigenvalue weighted by Crippen LogP contribution is -3.01. The fraction of sp³-hybridized carbons (Fsp3) is 0.696. The highest BCUT2D eigenvalue weighted by molar-refractivity contribution is 5.83. The van der Waals surface area contributed by atoms with Crippen molar-refractivity contribution in [2.75, 3.05) is 52.4 Å². The van der Waals surface area contributed by atoms with Gasteiger partial charge in [-0.3, -0.25) is 36.9 Å². The van der Waals surface area contributed by atoms with E-state index in [4.69, 9.17) is 46.9 Å². The largest absolute Gasteiger partial charge is 0.868 e. The topological polar surface area (TPSA) is 929 Å². The van der Waals surface area contributed by atoms with Crippen LogP contribution in [0.2, 0.25) is 0 Å². The molecule has 4 fully saturated rings. The number of nitrogens with two attached hydrogens (primary N) is 4. The molecule has 0 aromatic carbocycles. The van der Waals surface area contributed by atoms with Gasteiger partial charge in [-0.2, -0.15) is 0 Å². The van der Waals surface area contributed by atoms with Gasteiger partial charge in [0.15, 0.2) is 0 Å². The summed E-state index contributed by atoms with van der Waals surface area (Å²) in [4.78, 5) is 80.5. The van der Waals surface area contributed by atoms with Crippen molar-refractivity contribution in [3.63, 3.8) is 0 Å². The van der Waals surface area contributed by atoms with E-state index in [1.807, 2.05) is 10.6 Å². The molecule has 0 radical (unpaired) electrons. The zero-order valence-electron chi connectivity index (χ0n) is 49.1. The molecule has 0 aromatic rings. The molecule has 4 aliphatic heterocycles. The van der Waals surface area contributed by atoms with Crippen molar-refractivity contribution in [1.29, 1.82) is 0 Å². The third kappa shape index (κ3) is 88.5. The number of aliphatic hydroxyl groups is 1. The predicted molar refractivity (Wildman–Crippen MR) is 285 cm³/mol. The number of primary amides is 1. The second-order valence-electron chi connectivity index (χ2n) is 16.8. The Morgan fingerprint density at radius 2 is 0.793 bits per heavy atom. The number of hydrogen-bond donors (Lipinski definition) is 18. The SMILES string of the molecule is O.O.O.O.O.O.O.O.O=C([O-])C1(O)CCCC[NH2+]1.O=C([O-])C1CCCC[NH2+]1.O=C([O-])C1CCCC[NH2+]1.O=C1CCCC[NH2+]1.OO.OO.OO.[NH3+]CCC/C=C(\[O-])C(=O)O.[NH3+]CCC/C=C(\[O-])C(=O)O.[NH3+]CCC/C=C(\[O-])C(=O)O.[NH3+]CCCCC(=O)[O-]. The molecule has 0 bridgehead atoms. The number of quaternary nitrogens is 8. The van der Waals surface area contributed by atoms with Crippen molar-refractivity contribution in [2.45, 2.75) is 153 Å². The number of allylic oxidation sites excluding steroid dienone is 3. The maximum absolute atomic E-state index is 10.4. The first-order valence-electron chi connectivity index (χ1n) is 25.5.